The van der Waals surface area contributed by atoms with Gasteiger partial charge < -0.3 is 32.9 Å². The SMILES string of the molecule is C=C(C)C[C@H](C)O.C=[C-]C.C[C@H]1CO1.[Br-].[Mg+2]. The number of epoxide rings is 1. The summed E-state index contributed by atoms with van der Waals surface area (Å²) in [7, 11) is 0. The molecule has 92 valence electrons. The zero-order valence-electron chi connectivity index (χ0n) is 10.9. The van der Waals surface area contributed by atoms with E-state index in [0.29, 0.717) is 6.10 Å². The van der Waals surface area contributed by atoms with E-state index in [-0.39, 0.29) is 46.1 Å². The van der Waals surface area contributed by atoms with Crippen molar-refractivity contribution in [2.75, 3.05) is 6.61 Å². The van der Waals surface area contributed by atoms with Crippen LogP contribution in [-0.4, -0.2) is 47.0 Å². The Bertz CT molecular complexity index is 157. The van der Waals surface area contributed by atoms with Crippen LogP contribution >= 0.6 is 0 Å². The minimum Gasteiger partial charge on any atom is -1.00 e. The van der Waals surface area contributed by atoms with Crippen LogP contribution < -0.4 is 17.0 Å². The van der Waals surface area contributed by atoms with Crippen molar-refractivity contribution in [2.45, 2.75) is 46.3 Å². The van der Waals surface area contributed by atoms with Crippen LogP contribution in [0, 0.1) is 6.08 Å². The zero-order chi connectivity index (χ0) is 11.6. The molecule has 1 rings (SSSR count). The van der Waals surface area contributed by atoms with Crippen molar-refractivity contribution in [3.05, 3.63) is 24.8 Å². The first-order chi connectivity index (χ1) is 6.43. The van der Waals surface area contributed by atoms with E-state index >= 15 is 0 Å². The molecule has 0 aromatic heterocycles. The standard InChI is InChI=1S/C6H12O.C3H6O.C3H5.BrH.Mg/c1-5(2)4-6(3)7;1-3-2-4-3;1-3-2;;/h6-7H,1,4H2,2-3H3;3H,2H2,1H3;1H2,2H3;1H;/q;;-1;;+2/p-1/t6-;3-;;;/m00.../s1. The molecule has 4 heteroatoms. The third-order valence-corrected chi connectivity index (χ3v) is 1.14. The minimum atomic E-state index is -0.225. The van der Waals surface area contributed by atoms with E-state index in [1.807, 2.05) is 6.92 Å². The zero-order valence-corrected chi connectivity index (χ0v) is 13.9. The van der Waals surface area contributed by atoms with Gasteiger partial charge in [0, 0.05) is 0 Å². The molecule has 0 aromatic rings. The molecule has 0 unspecified atom stereocenters. The molecule has 2 atom stereocenters. The van der Waals surface area contributed by atoms with Crippen molar-refractivity contribution in [2.24, 2.45) is 0 Å². The Morgan fingerprint density at radius 1 is 1.62 bits per heavy atom. The molecule has 16 heavy (non-hydrogen) atoms. The van der Waals surface area contributed by atoms with Gasteiger partial charge in [0.05, 0.1) is 18.8 Å². The van der Waals surface area contributed by atoms with Crippen LogP contribution in [0.2, 0.25) is 0 Å². The summed E-state index contributed by atoms with van der Waals surface area (Å²) in [6, 6.07) is 0. The molecule has 1 fully saturated rings. The molecule has 1 saturated heterocycles. The van der Waals surface area contributed by atoms with Gasteiger partial charge in [0.1, 0.15) is 0 Å². The molecule has 1 aliphatic rings. The molecule has 1 N–H and O–H groups in total. The van der Waals surface area contributed by atoms with Crippen LogP contribution in [0.15, 0.2) is 18.7 Å². The van der Waals surface area contributed by atoms with Gasteiger partial charge in [0.25, 0.3) is 0 Å². The third-order valence-electron chi connectivity index (χ3n) is 1.14. The Kier molecular flexibility index (Phi) is 28.7. The topological polar surface area (TPSA) is 32.8 Å². The second-order valence-electron chi connectivity index (χ2n) is 3.51. The maximum absolute atomic E-state index is 8.66. The minimum absolute atomic E-state index is 0. The first kappa shape index (κ1) is 25.5. The van der Waals surface area contributed by atoms with Gasteiger partial charge in [-0.15, -0.1) is 6.58 Å². The molecule has 0 aliphatic carbocycles. The van der Waals surface area contributed by atoms with Gasteiger partial charge in [-0.1, -0.05) is 5.57 Å². The van der Waals surface area contributed by atoms with Gasteiger partial charge in [0.2, 0.25) is 0 Å². The number of rotatable bonds is 2. The summed E-state index contributed by atoms with van der Waals surface area (Å²) in [5, 5.41) is 8.66. The van der Waals surface area contributed by atoms with E-state index in [1.165, 1.54) is 0 Å². The second kappa shape index (κ2) is 18.0. The van der Waals surface area contributed by atoms with Crippen LogP contribution in [0.3, 0.4) is 0 Å². The van der Waals surface area contributed by atoms with Crippen molar-refractivity contribution in [3.8, 4) is 0 Å². The average molecular weight is 304 g/mol. The van der Waals surface area contributed by atoms with Crippen LogP contribution in [0.5, 0.6) is 0 Å². The fraction of sp³-hybridized carbons (Fsp3) is 0.667. The summed E-state index contributed by atoms with van der Waals surface area (Å²) in [5.41, 5.74) is 1.04. The maximum Gasteiger partial charge on any atom is 2.00 e. The Hall–Kier alpha value is 0.646. The van der Waals surface area contributed by atoms with Crippen molar-refractivity contribution in [1.82, 2.24) is 0 Å². The number of allylic oxidation sites excluding steroid dienone is 1. The molecule has 1 heterocycles. The molecule has 2 nitrogen and oxygen atoms in total. The summed E-state index contributed by atoms with van der Waals surface area (Å²) in [6.45, 7) is 15.3. The Morgan fingerprint density at radius 2 is 1.88 bits per heavy atom. The Morgan fingerprint density at radius 3 is 1.88 bits per heavy atom. The quantitative estimate of drug-likeness (QED) is 0.318. The van der Waals surface area contributed by atoms with Crippen LogP contribution in [0.1, 0.15) is 34.1 Å². The molecule has 1 aliphatic heterocycles. The smallest absolute Gasteiger partial charge is 1.00 e. The molecule has 0 saturated carbocycles. The van der Waals surface area contributed by atoms with E-state index in [4.69, 9.17) is 9.84 Å². The van der Waals surface area contributed by atoms with Crippen molar-refractivity contribution < 1.29 is 26.8 Å². The second-order valence-corrected chi connectivity index (χ2v) is 3.51. The van der Waals surface area contributed by atoms with Crippen molar-refractivity contribution in [1.29, 1.82) is 0 Å². The predicted molar refractivity (Wildman–Crippen MR) is 66.8 cm³/mol. The van der Waals surface area contributed by atoms with E-state index in [2.05, 4.69) is 26.2 Å². The van der Waals surface area contributed by atoms with Gasteiger partial charge in [-0.3, -0.25) is 6.58 Å². The molecule has 0 spiro atoms. The van der Waals surface area contributed by atoms with Gasteiger partial charge in [0.15, 0.2) is 0 Å². The first-order valence-electron chi connectivity index (χ1n) is 4.81. The summed E-state index contributed by atoms with van der Waals surface area (Å²) >= 11 is 0. The molecule has 0 bridgehead atoms. The number of hydrogen-bond acceptors (Lipinski definition) is 2. The van der Waals surface area contributed by atoms with E-state index in [0.717, 1.165) is 18.6 Å². The normalized spacial score (nSPS) is 16.7. The van der Waals surface area contributed by atoms with Crippen molar-refractivity contribution >= 4 is 23.1 Å². The average Bonchev–Trinajstić information content (AvgIpc) is 2.70. The fourth-order valence-corrected chi connectivity index (χ4v) is 0.601. The summed E-state index contributed by atoms with van der Waals surface area (Å²) in [6.07, 6.45) is 3.58. The van der Waals surface area contributed by atoms with Crippen LogP contribution in [-0.2, 0) is 4.74 Å². The van der Waals surface area contributed by atoms with Crippen molar-refractivity contribution in [3.63, 3.8) is 0 Å². The number of ether oxygens (including phenoxy) is 1. The van der Waals surface area contributed by atoms with E-state index in [9.17, 15) is 0 Å². The molecule has 0 radical (unpaired) electrons. The van der Waals surface area contributed by atoms with Gasteiger partial charge in [-0.05, 0) is 27.2 Å². The third kappa shape index (κ3) is 46.7. The largest absolute Gasteiger partial charge is 2.00 e. The Labute approximate surface area is 127 Å². The number of aliphatic hydroxyl groups is 1. The van der Waals surface area contributed by atoms with Gasteiger partial charge in [-0.25, -0.2) is 0 Å². The first-order valence-corrected chi connectivity index (χ1v) is 4.81. The molecular formula is C12H23BrMgO2. The Balaban J connectivity index is -0.0000000692. The molecule has 0 aromatic carbocycles. The summed E-state index contributed by atoms with van der Waals surface area (Å²) < 4.78 is 4.71. The fourth-order valence-electron chi connectivity index (χ4n) is 0.601. The monoisotopic (exact) mass is 302 g/mol. The number of hydrogen-bond donors (Lipinski definition) is 1. The maximum atomic E-state index is 8.66. The van der Waals surface area contributed by atoms with Crippen LogP contribution in [0.4, 0.5) is 0 Å². The van der Waals surface area contributed by atoms with Gasteiger partial charge in [-0.2, -0.15) is 6.92 Å². The van der Waals surface area contributed by atoms with Gasteiger partial charge >= 0.3 is 23.1 Å². The van der Waals surface area contributed by atoms with E-state index in [1.54, 1.807) is 13.8 Å². The predicted octanol–water partition coefficient (Wildman–Crippen LogP) is -0.643. The molecular weight excluding hydrogens is 280 g/mol. The molecule has 0 amide bonds. The summed E-state index contributed by atoms with van der Waals surface area (Å²) in [5.74, 6) is 0. The summed E-state index contributed by atoms with van der Waals surface area (Å²) in [4.78, 5) is 0. The van der Waals surface area contributed by atoms with Crippen LogP contribution in [0.25, 0.3) is 0 Å². The van der Waals surface area contributed by atoms with E-state index < -0.39 is 0 Å². The number of aliphatic hydroxyl groups excluding tert-OH is 1. The number of halogens is 1.